The molecule has 3 aromatic rings. The predicted octanol–water partition coefficient (Wildman–Crippen LogP) is 3.36. The van der Waals surface area contributed by atoms with E-state index >= 15 is 0 Å². The lowest BCUT2D eigenvalue weighted by Gasteiger charge is -2.59. The van der Waals surface area contributed by atoms with Gasteiger partial charge in [-0.1, -0.05) is 0 Å². The summed E-state index contributed by atoms with van der Waals surface area (Å²) in [7, 11) is 0. The van der Waals surface area contributed by atoms with Crippen molar-refractivity contribution in [2.24, 2.45) is 11.1 Å². The second-order valence-corrected chi connectivity index (χ2v) is 11.5. The van der Waals surface area contributed by atoms with Gasteiger partial charge in [-0.15, -0.1) is 0 Å². The van der Waals surface area contributed by atoms with Gasteiger partial charge in [-0.2, -0.15) is 5.26 Å². The maximum Gasteiger partial charge on any atom is 0.274 e. The second kappa shape index (κ2) is 12.1. The maximum absolute atomic E-state index is 13.7. The smallest absolute Gasteiger partial charge is 0.274 e. The van der Waals surface area contributed by atoms with E-state index in [1.807, 2.05) is 6.92 Å². The van der Waals surface area contributed by atoms with Gasteiger partial charge in [0.2, 0.25) is 11.8 Å². The molecule has 2 unspecified atom stereocenters. The molecule has 2 aromatic heterocycles. The molecule has 1 spiro atoms. The van der Waals surface area contributed by atoms with Gasteiger partial charge in [0, 0.05) is 31.3 Å². The lowest BCUT2D eigenvalue weighted by molar-refractivity contribution is -0.122. The normalized spacial score (nSPS) is 19.4. The quantitative estimate of drug-likeness (QED) is 0.357. The van der Waals surface area contributed by atoms with Crippen molar-refractivity contribution in [3.05, 3.63) is 65.7 Å². The third-order valence-corrected chi connectivity index (χ3v) is 8.42. The Hall–Kier alpha value is -4.76. The first-order valence-electron chi connectivity index (χ1n) is 14.7. The van der Waals surface area contributed by atoms with Gasteiger partial charge in [-0.3, -0.25) is 9.59 Å². The van der Waals surface area contributed by atoms with Crippen LogP contribution >= 0.6 is 0 Å². The van der Waals surface area contributed by atoms with Gasteiger partial charge in [-0.05, 0) is 75.1 Å². The number of carbonyl (C=O) groups excluding carboxylic acids is 2. The predicted molar refractivity (Wildman–Crippen MR) is 157 cm³/mol. The summed E-state index contributed by atoms with van der Waals surface area (Å²) in [5.74, 6) is -1.07. The molecule has 1 aliphatic carbocycles. The van der Waals surface area contributed by atoms with Crippen LogP contribution in [0.2, 0.25) is 0 Å². The highest BCUT2D eigenvalue weighted by molar-refractivity contribution is 5.98. The summed E-state index contributed by atoms with van der Waals surface area (Å²) in [5.41, 5.74) is 7.77. The number of nitrogens with two attached hydrogens (primary N) is 1. The number of amides is 2. The Morgan fingerprint density at radius 1 is 1.27 bits per heavy atom. The molecule has 11 nitrogen and oxygen atoms in total. The van der Waals surface area contributed by atoms with Crippen LogP contribution in [0, 0.1) is 22.6 Å². The lowest BCUT2D eigenvalue weighted by atomic mass is 9.61. The topological polar surface area (TPSA) is 153 Å². The van der Waals surface area contributed by atoms with E-state index in [0.29, 0.717) is 42.3 Å². The van der Waals surface area contributed by atoms with Crippen LogP contribution in [0.5, 0.6) is 11.6 Å². The molecule has 1 aromatic carbocycles. The zero-order valence-electron chi connectivity index (χ0n) is 24.3. The average molecular weight is 601 g/mol. The third kappa shape index (κ3) is 5.75. The molecule has 4 heterocycles. The van der Waals surface area contributed by atoms with Gasteiger partial charge in [-0.25, -0.2) is 14.4 Å². The standard InChI is InChI=1S/C32H33FN6O5/c1-2-42-31-22(5-3-11-36-31)23-8-10-26(28(37-23)30(41)38-27(29(35)40)25-6-4-12-43-25)44-21-14-32(15-21)17-39(18-32)24-9-7-20(33)13-19(24)16-34/h3,5,7-11,13,21,25,27H,2,4,6,12,14-15,17-18H2,1H3,(H2,35,40)(H,38,41). The van der Waals surface area contributed by atoms with Crippen LogP contribution in [0.25, 0.3) is 11.3 Å². The first kappa shape index (κ1) is 29.3. The van der Waals surface area contributed by atoms with Crippen LogP contribution in [-0.4, -0.2) is 66.3 Å². The van der Waals surface area contributed by atoms with E-state index in [1.165, 1.54) is 12.1 Å². The van der Waals surface area contributed by atoms with Crippen molar-refractivity contribution in [1.29, 1.82) is 5.26 Å². The molecular weight excluding hydrogens is 567 g/mol. The Kier molecular flexibility index (Phi) is 8.05. The van der Waals surface area contributed by atoms with Gasteiger partial charge in [0.15, 0.2) is 11.4 Å². The number of primary amides is 1. The summed E-state index contributed by atoms with van der Waals surface area (Å²) >= 11 is 0. The van der Waals surface area contributed by atoms with E-state index in [-0.39, 0.29) is 23.0 Å². The van der Waals surface area contributed by atoms with Crippen LogP contribution in [0.1, 0.15) is 48.7 Å². The van der Waals surface area contributed by atoms with Crippen LogP contribution in [0.15, 0.2) is 48.7 Å². The number of pyridine rings is 2. The molecule has 44 heavy (non-hydrogen) atoms. The molecule has 228 valence electrons. The minimum Gasteiger partial charge on any atom is -0.488 e. The van der Waals surface area contributed by atoms with E-state index < -0.39 is 29.8 Å². The van der Waals surface area contributed by atoms with E-state index in [9.17, 15) is 19.2 Å². The zero-order valence-corrected chi connectivity index (χ0v) is 24.3. The van der Waals surface area contributed by atoms with Gasteiger partial charge < -0.3 is 30.2 Å². The fourth-order valence-electron chi connectivity index (χ4n) is 6.35. The van der Waals surface area contributed by atoms with Crippen LogP contribution in [0.4, 0.5) is 10.1 Å². The number of anilines is 1. The minimum absolute atomic E-state index is 0.0132. The number of nitrogens with zero attached hydrogens (tertiary/aromatic N) is 4. The van der Waals surface area contributed by atoms with Gasteiger partial charge in [0.1, 0.15) is 24.0 Å². The van der Waals surface area contributed by atoms with Crippen molar-refractivity contribution in [3.63, 3.8) is 0 Å². The van der Waals surface area contributed by atoms with Crippen molar-refractivity contribution in [3.8, 4) is 29.0 Å². The largest absolute Gasteiger partial charge is 0.488 e. The molecule has 3 aliphatic rings. The van der Waals surface area contributed by atoms with E-state index in [0.717, 1.165) is 38.0 Å². The Labute approximate surface area is 254 Å². The Morgan fingerprint density at radius 2 is 2.09 bits per heavy atom. The average Bonchev–Trinajstić information content (AvgIpc) is 3.51. The molecule has 1 saturated carbocycles. The number of carbonyl (C=O) groups is 2. The fourth-order valence-corrected chi connectivity index (χ4v) is 6.35. The number of benzene rings is 1. The highest BCUT2D eigenvalue weighted by atomic mass is 19.1. The van der Waals surface area contributed by atoms with Crippen LogP contribution in [0.3, 0.4) is 0 Å². The third-order valence-electron chi connectivity index (χ3n) is 8.42. The molecule has 3 N–H and O–H groups in total. The minimum atomic E-state index is -1.02. The van der Waals surface area contributed by atoms with Crippen LogP contribution < -0.4 is 25.4 Å². The molecule has 0 bridgehead atoms. The highest BCUT2D eigenvalue weighted by Gasteiger charge is 2.54. The van der Waals surface area contributed by atoms with Crippen molar-refractivity contribution in [2.75, 3.05) is 31.2 Å². The van der Waals surface area contributed by atoms with Gasteiger partial charge in [0.25, 0.3) is 5.91 Å². The molecule has 12 heteroatoms. The number of nitriles is 1. The molecule has 2 atom stereocenters. The highest BCUT2D eigenvalue weighted by Crippen LogP contribution is 2.51. The number of halogens is 1. The van der Waals surface area contributed by atoms with E-state index in [4.69, 9.17) is 19.9 Å². The fraction of sp³-hybridized carbons (Fsp3) is 0.406. The summed E-state index contributed by atoms with van der Waals surface area (Å²) in [5, 5.41) is 12.2. The molecule has 3 fully saturated rings. The van der Waals surface area contributed by atoms with Crippen molar-refractivity contribution in [1.82, 2.24) is 15.3 Å². The molecule has 6 rings (SSSR count). The van der Waals surface area contributed by atoms with Crippen molar-refractivity contribution in [2.45, 2.75) is 50.9 Å². The SMILES string of the molecule is CCOc1ncccc1-c1ccc(OC2CC3(C2)CN(c2ccc(F)cc2C#N)C3)c(C(=O)NC(C(N)=O)C2CCCO2)n1. The number of ether oxygens (including phenoxy) is 3. The molecule has 2 amide bonds. The van der Waals surface area contributed by atoms with E-state index in [2.05, 4.69) is 26.3 Å². The number of aromatic nitrogens is 2. The molecule has 0 radical (unpaired) electrons. The van der Waals surface area contributed by atoms with Crippen molar-refractivity contribution < 1.29 is 28.2 Å². The Bertz CT molecular complexity index is 1610. The number of hydrogen-bond acceptors (Lipinski definition) is 9. The second-order valence-electron chi connectivity index (χ2n) is 11.5. The summed E-state index contributed by atoms with van der Waals surface area (Å²) < 4.78 is 31.3. The molecule has 2 saturated heterocycles. The Balaban J connectivity index is 1.21. The number of hydrogen-bond donors (Lipinski definition) is 2. The summed E-state index contributed by atoms with van der Waals surface area (Å²) in [6.45, 7) is 4.19. The monoisotopic (exact) mass is 600 g/mol. The summed E-state index contributed by atoms with van der Waals surface area (Å²) in [6, 6.07) is 12.3. The van der Waals surface area contributed by atoms with Crippen LogP contribution in [-0.2, 0) is 9.53 Å². The van der Waals surface area contributed by atoms with Gasteiger partial charge >= 0.3 is 0 Å². The number of nitrogens with one attached hydrogen (secondary N) is 1. The molecule has 2 aliphatic heterocycles. The first-order chi connectivity index (χ1) is 21.3. The molecular formula is C32H33FN6O5. The summed E-state index contributed by atoms with van der Waals surface area (Å²) in [4.78, 5) is 37.0. The van der Waals surface area contributed by atoms with E-state index in [1.54, 1.807) is 36.5 Å². The number of rotatable bonds is 10. The Morgan fingerprint density at radius 3 is 2.80 bits per heavy atom. The van der Waals surface area contributed by atoms with Gasteiger partial charge in [0.05, 0.1) is 35.2 Å². The summed E-state index contributed by atoms with van der Waals surface area (Å²) in [6.07, 6.45) is 3.80. The zero-order chi connectivity index (χ0) is 30.8. The van der Waals surface area contributed by atoms with Crippen molar-refractivity contribution >= 4 is 17.5 Å². The maximum atomic E-state index is 13.7. The lowest BCUT2D eigenvalue weighted by Crippen LogP contribution is -2.65. The first-order valence-corrected chi connectivity index (χ1v) is 14.7.